The average Bonchev–Trinajstić information content (AvgIpc) is 2.88. The molecule has 4 rings (SSSR count). The second kappa shape index (κ2) is 5.93. The summed E-state index contributed by atoms with van der Waals surface area (Å²) in [4.78, 5) is 11.1. The number of methoxy groups -OCH3 is 1. The van der Waals surface area contributed by atoms with Crippen LogP contribution in [0.2, 0.25) is 0 Å². The summed E-state index contributed by atoms with van der Waals surface area (Å²) < 4.78 is 5.94. The Hall–Kier alpha value is -1.80. The quantitative estimate of drug-likeness (QED) is 0.836. The predicted molar refractivity (Wildman–Crippen MR) is 92.8 cm³/mol. The third-order valence-electron chi connectivity index (χ3n) is 5.29. The summed E-state index contributed by atoms with van der Waals surface area (Å²) in [6.07, 6.45) is 6.38. The molecular formula is C16H19BrN6O. The Bertz CT molecular complexity index is 745. The highest BCUT2D eigenvalue weighted by molar-refractivity contribution is 9.10. The Morgan fingerprint density at radius 1 is 1.25 bits per heavy atom. The first kappa shape index (κ1) is 15.7. The molecule has 24 heavy (non-hydrogen) atoms. The monoisotopic (exact) mass is 390 g/mol. The van der Waals surface area contributed by atoms with E-state index in [0.717, 1.165) is 49.4 Å². The molecule has 3 heterocycles. The molecule has 2 aromatic heterocycles. The zero-order chi connectivity index (χ0) is 16.7. The minimum Gasteiger partial charge on any atom is -0.495 e. The van der Waals surface area contributed by atoms with Gasteiger partial charge in [-0.2, -0.15) is 0 Å². The summed E-state index contributed by atoms with van der Waals surface area (Å²) in [6.45, 7) is 1.75. The molecular weight excluding hydrogens is 372 g/mol. The summed E-state index contributed by atoms with van der Waals surface area (Å²) in [6, 6.07) is 2.04. The molecule has 1 aliphatic heterocycles. The Labute approximate surface area is 148 Å². The molecule has 7 nitrogen and oxygen atoms in total. The van der Waals surface area contributed by atoms with Crippen LogP contribution >= 0.6 is 15.9 Å². The van der Waals surface area contributed by atoms with Crippen molar-refractivity contribution < 1.29 is 4.74 Å². The van der Waals surface area contributed by atoms with Gasteiger partial charge in [0, 0.05) is 24.8 Å². The lowest BCUT2D eigenvalue weighted by Gasteiger charge is -2.41. The molecule has 0 aromatic carbocycles. The van der Waals surface area contributed by atoms with Gasteiger partial charge in [0.2, 0.25) is 5.95 Å². The fourth-order valence-electron chi connectivity index (χ4n) is 3.83. The predicted octanol–water partition coefficient (Wildman–Crippen LogP) is 1.88. The van der Waals surface area contributed by atoms with Crippen molar-refractivity contribution in [3.05, 3.63) is 34.3 Å². The van der Waals surface area contributed by atoms with Gasteiger partial charge in [-0.15, -0.1) is 10.2 Å². The molecule has 2 aliphatic rings. The SMILES string of the molecule is COc1cnc2c(c1)[C@@H](N)C1(CCN(c3ncc(Br)nn3)CC1)C2. The lowest BCUT2D eigenvalue weighted by molar-refractivity contribution is 0.186. The van der Waals surface area contributed by atoms with Crippen LogP contribution in [-0.4, -0.2) is 40.4 Å². The van der Waals surface area contributed by atoms with Crippen LogP contribution in [0.25, 0.3) is 0 Å². The van der Waals surface area contributed by atoms with Crippen LogP contribution in [0.15, 0.2) is 23.1 Å². The number of nitrogens with zero attached hydrogens (tertiary/aromatic N) is 5. The standard InChI is InChI=1S/C16H19BrN6O/c1-24-10-6-11-12(19-8-10)7-16(14(11)18)2-4-23(5-3-16)15-20-9-13(17)21-22-15/h6,8-9,14H,2-5,7,18H2,1H3/t14-/m1/s1. The number of nitrogens with two attached hydrogens (primary N) is 1. The van der Waals surface area contributed by atoms with E-state index in [4.69, 9.17) is 10.5 Å². The molecule has 126 valence electrons. The number of rotatable bonds is 2. The van der Waals surface area contributed by atoms with Gasteiger partial charge < -0.3 is 15.4 Å². The van der Waals surface area contributed by atoms with Crippen molar-refractivity contribution in [2.24, 2.45) is 11.1 Å². The van der Waals surface area contributed by atoms with E-state index in [2.05, 4.69) is 41.0 Å². The maximum Gasteiger partial charge on any atom is 0.245 e. The number of pyridine rings is 1. The third kappa shape index (κ3) is 2.53. The van der Waals surface area contributed by atoms with Crippen molar-refractivity contribution in [2.45, 2.75) is 25.3 Å². The Kier molecular flexibility index (Phi) is 3.88. The Morgan fingerprint density at radius 3 is 2.71 bits per heavy atom. The van der Waals surface area contributed by atoms with Crippen molar-refractivity contribution in [1.82, 2.24) is 20.2 Å². The number of fused-ring (bicyclic) bond motifs is 1. The van der Waals surface area contributed by atoms with Gasteiger partial charge in [0.15, 0.2) is 0 Å². The van der Waals surface area contributed by atoms with E-state index in [1.165, 1.54) is 0 Å². The molecule has 1 saturated heterocycles. The number of halogens is 1. The lowest BCUT2D eigenvalue weighted by atomic mass is 9.73. The average molecular weight is 391 g/mol. The molecule has 0 amide bonds. The number of aromatic nitrogens is 4. The van der Waals surface area contributed by atoms with Crippen LogP contribution in [0.3, 0.4) is 0 Å². The van der Waals surface area contributed by atoms with E-state index in [0.29, 0.717) is 10.6 Å². The van der Waals surface area contributed by atoms with Crippen LogP contribution in [0, 0.1) is 5.41 Å². The lowest BCUT2D eigenvalue weighted by Crippen LogP contribution is -2.45. The highest BCUT2D eigenvalue weighted by atomic mass is 79.9. The third-order valence-corrected chi connectivity index (χ3v) is 5.66. The van der Waals surface area contributed by atoms with Gasteiger partial charge in [-0.25, -0.2) is 4.98 Å². The zero-order valence-electron chi connectivity index (χ0n) is 13.4. The maximum atomic E-state index is 6.62. The van der Waals surface area contributed by atoms with Crippen LogP contribution in [-0.2, 0) is 6.42 Å². The molecule has 0 bridgehead atoms. The number of ether oxygens (including phenoxy) is 1. The molecule has 1 fully saturated rings. The second-order valence-electron chi connectivity index (χ2n) is 6.50. The molecule has 0 unspecified atom stereocenters. The smallest absolute Gasteiger partial charge is 0.245 e. The van der Waals surface area contributed by atoms with Gasteiger partial charge in [-0.3, -0.25) is 4.98 Å². The molecule has 2 N–H and O–H groups in total. The van der Waals surface area contributed by atoms with Crippen molar-refractivity contribution in [3.63, 3.8) is 0 Å². The summed E-state index contributed by atoms with van der Waals surface area (Å²) in [5.74, 6) is 1.45. The van der Waals surface area contributed by atoms with Crippen molar-refractivity contribution >= 4 is 21.9 Å². The molecule has 0 saturated carbocycles. The molecule has 1 atom stereocenters. The summed E-state index contributed by atoms with van der Waals surface area (Å²) in [5, 5.41) is 8.18. The minimum atomic E-state index is 0.00112. The first-order valence-electron chi connectivity index (χ1n) is 8.00. The fraction of sp³-hybridized carbons (Fsp3) is 0.500. The Balaban J connectivity index is 1.52. The summed E-state index contributed by atoms with van der Waals surface area (Å²) >= 11 is 3.27. The second-order valence-corrected chi connectivity index (χ2v) is 7.31. The van der Waals surface area contributed by atoms with Gasteiger partial charge >= 0.3 is 0 Å². The van der Waals surface area contributed by atoms with E-state index in [9.17, 15) is 0 Å². The van der Waals surface area contributed by atoms with Crippen molar-refractivity contribution in [3.8, 4) is 5.75 Å². The normalized spacial score (nSPS) is 21.8. The van der Waals surface area contributed by atoms with Crippen LogP contribution < -0.4 is 15.4 Å². The van der Waals surface area contributed by atoms with Crippen molar-refractivity contribution in [1.29, 1.82) is 0 Å². The maximum absolute atomic E-state index is 6.62. The zero-order valence-corrected chi connectivity index (χ0v) is 15.0. The van der Waals surface area contributed by atoms with Crippen LogP contribution in [0.1, 0.15) is 30.1 Å². The van der Waals surface area contributed by atoms with Crippen molar-refractivity contribution in [2.75, 3.05) is 25.1 Å². The van der Waals surface area contributed by atoms with Gasteiger partial charge in [0.1, 0.15) is 10.4 Å². The summed E-state index contributed by atoms with van der Waals surface area (Å²) in [7, 11) is 1.66. The highest BCUT2D eigenvalue weighted by Crippen LogP contribution is 2.50. The Morgan fingerprint density at radius 2 is 2.04 bits per heavy atom. The minimum absolute atomic E-state index is 0.00112. The number of piperidine rings is 1. The largest absolute Gasteiger partial charge is 0.495 e. The molecule has 8 heteroatoms. The number of anilines is 1. The van der Waals surface area contributed by atoms with E-state index in [-0.39, 0.29) is 11.5 Å². The summed E-state index contributed by atoms with van der Waals surface area (Å²) in [5.41, 5.74) is 8.93. The van der Waals surface area contributed by atoms with E-state index in [1.54, 1.807) is 19.5 Å². The molecule has 1 aliphatic carbocycles. The van der Waals surface area contributed by atoms with E-state index in [1.807, 2.05) is 6.07 Å². The van der Waals surface area contributed by atoms with Crippen LogP contribution in [0.5, 0.6) is 5.75 Å². The number of hydrogen-bond acceptors (Lipinski definition) is 7. The highest BCUT2D eigenvalue weighted by Gasteiger charge is 2.47. The fourth-order valence-corrected chi connectivity index (χ4v) is 4.01. The molecule has 1 spiro atoms. The topological polar surface area (TPSA) is 90.1 Å². The first-order chi connectivity index (χ1) is 11.6. The molecule has 2 aromatic rings. The number of hydrogen-bond donors (Lipinski definition) is 1. The van der Waals surface area contributed by atoms with E-state index >= 15 is 0 Å². The van der Waals surface area contributed by atoms with Gasteiger partial charge in [0.05, 0.1) is 19.5 Å². The van der Waals surface area contributed by atoms with Gasteiger partial charge in [-0.1, -0.05) is 0 Å². The van der Waals surface area contributed by atoms with Crippen LogP contribution in [0.4, 0.5) is 5.95 Å². The molecule has 0 radical (unpaired) electrons. The van der Waals surface area contributed by atoms with E-state index < -0.39 is 0 Å². The van der Waals surface area contributed by atoms with Gasteiger partial charge in [0.25, 0.3) is 0 Å². The first-order valence-corrected chi connectivity index (χ1v) is 8.79. The van der Waals surface area contributed by atoms with Gasteiger partial charge in [-0.05, 0) is 52.2 Å².